The molecule has 4 rings (SSSR count). The van der Waals surface area contributed by atoms with E-state index in [4.69, 9.17) is 48.8 Å². The lowest BCUT2D eigenvalue weighted by molar-refractivity contribution is 0.133. The van der Waals surface area contributed by atoms with Gasteiger partial charge in [0.25, 0.3) is 0 Å². The summed E-state index contributed by atoms with van der Waals surface area (Å²) in [6.45, 7) is -0.609. The van der Waals surface area contributed by atoms with Crippen LogP contribution in [-0.4, -0.2) is 56.5 Å². The van der Waals surface area contributed by atoms with Crippen LogP contribution in [0.2, 0.25) is 0 Å². The molecule has 0 aliphatic carbocycles. The predicted molar refractivity (Wildman–Crippen MR) is 117 cm³/mol. The fourth-order valence-corrected chi connectivity index (χ4v) is 3.30. The van der Waals surface area contributed by atoms with E-state index in [0.29, 0.717) is 0 Å². The monoisotopic (exact) mass is 517 g/mol. The van der Waals surface area contributed by atoms with Crippen molar-refractivity contribution >= 4 is 58.5 Å². The zero-order chi connectivity index (χ0) is 23.6. The van der Waals surface area contributed by atoms with Crippen molar-refractivity contribution in [1.82, 2.24) is 14.7 Å². The molecule has 1 fully saturated rings. The standard InChI is InChI=1S/C19H15Cl3FN5O5/c20-19(21,22)10-31-17(29)28(16-3-6-32-25-16)9-13-8-27(18(30)33-13)12-1-2-15(14(23)7-12)26-5-4-24-11-26/h1-7,11,13H,8-10H2/t13-/m1/s1. The van der Waals surface area contributed by atoms with Crippen LogP contribution < -0.4 is 9.80 Å². The maximum atomic E-state index is 14.6. The van der Waals surface area contributed by atoms with Gasteiger partial charge in [0.2, 0.25) is 3.79 Å². The SMILES string of the molecule is O=C1O[C@@H](CN(C(=O)OCC(Cl)(Cl)Cl)c2ccon2)CN1c1ccc(-n2ccnc2)c(F)c1. The number of aromatic nitrogens is 3. The van der Waals surface area contributed by atoms with Gasteiger partial charge in [-0.25, -0.2) is 19.0 Å². The Morgan fingerprint density at radius 1 is 1.33 bits per heavy atom. The summed E-state index contributed by atoms with van der Waals surface area (Å²) in [5.41, 5.74) is 0.560. The Balaban J connectivity index is 1.47. The van der Waals surface area contributed by atoms with Crippen LogP contribution >= 0.6 is 34.8 Å². The molecule has 1 aliphatic rings. The van der Waals surface area contributed by atoms with Crippen LogP contribution in [0.25, 0.3) is 5.69 Å². The molecule has 0 spiro atoms. The van der Waals surface area contributed by atoms with E-state index >= 15 is 0 Å². The molecule has 0 unspecified atom stereocenters. The Bertz CT molecular complexity index is 1120. The van der Waals surface area contributed by atoms with Gasteiger partial charge in [-0.05, 0) is 18.2 Å². The third-order valence-corrected chi connectivity index (χ3v) is 4.89. The number of anilines is 2. The molecule has 2 aromatic heterocycles. The van der Waals surface area contributed by atoms with Crippen LogP contribution in [-0.2, 0) is 9.47 Å². The minimum atomic E-state index is -1.81. The summed E-state index contributed by atoms with van der Waals surface area (Å²) in [7, 11) is 0. The number of amides is 2. The second-order valence-corrected chi connectivity index (χ2v) is 9.38. The molecule has 1 aromatic carbocycles. The molecule has 174 valence electrons. The van der Waals surface area contributed by atoms with E-state index in [2.05, 4.69) is 10.1 Å². The first kappa shape index (κ1) is 23.1. The highest BCUT2D eigenvalue weighted by atomic mass is 35.6. The molecule has 14 heteroatoms. The highest BCUT2D eigenvalue weighted by molar-refractivity contribution is 6.67. The number of rotatable bonds is 6. The number of halogens is 4. The van der Waals surface area contributed by atoms with Gasteiger partial charge in [0.05, 0.1) is 30.8 Å². The number of hydrogen-bond acceptors (Lipinski definition) is 7. The average Bonchev–Trinajstić information content (AvgIpc) is 3.52. The van der Waals surface area contributed by atoms with E-state index in [0.717, 1.165) is 4.90 Å². The Morgan fingerprint density at radius 2 is 2.15 bits per heavy atom. The zero-order valence-corrected chi connectivity index (χ0v) is 18.9. The molecular weight excluding hydrogens is 504 g/mol. The Kier molecular flexibility index (Phi) is 6.63. The van der Waals surface area contributed by atoms with Gasteiger partial charge in [0, 0.05) is 18.5 Å². The van der Waals surface area contributed by atoms with E-state index in [9.17, 15) is 14.0 Å². The smallest absolute Gasteiger partial charge is 0.415 e. The van der Waals surface area contributed by atoms with Crippen molar-refractivity contribution in [3.8, 4) is 5.69 Å². The first-order valence-corrected chi connectivity index (χ1v) is 10.5. The van der Waals surface area contributed by atoms with Crippen LogP contribution in [0, 0.1) is 5.82 Å². The largest absolute Gasteiger partial charge is 0.445 e. The topological polar surface area (TPSA) is 103 Å². The van der Waals surface area contributed by atoms with Gasteiger partial charge in [-0.1, -0.05) is 40.0 Å². The fourth-order valence-electron chi connectivity index (χ4n) is 3.13. The second kappa shape index (κ2) is 9.46. The first-order valence-electron chi connectivity index (χ1n) is 9.39. The average molecular weight is 519 g/mol. The van der Waals surface area contributed by atoms with Crippen molar-refractivity contribution in [2.24, 2.45) is 0 Å². The summed E-state index contributed by atoms with van der Waals surface area (Å²) in [5.74, 6) is -0.448. The third kappa shape index (κ3) is 5.49. The molecule has 1 aliphatic heterocycles. The number of nitrogens with zero attached hydrogens (tertiary/aromatic N) is 5. The summed E-state index contributed by atoms with van der Waals surface area (Å²) in [4.78, 5) is 31.2. The molecule has 0 N–H and O–H groups in total. The van der Waals surface area contributed by atoms with Crippen molar-refractivity contribution in [3.63, 3.8) is 0 Å². The summed E-state index contributed by atoms with van der Waals surface area (Å²) in [5, 5.41) is 3.71. The lowest BCUT2D eigenvalue weighted by atomic mass is 10.2. The number of cyclic esters (lactones) is 1. The van der Waals surface area contributed by atoms with Crippen molar-refractivity contribution in [1.29, 1.82) is 0 Å². The maximum absolute atomic E-state index is 14.6. The molecule has 1 saturated heterocycles. The van der Waals surface area contributed by atoms with Gasteiger partial charge < -0.3 is 18.6 Å². The number of imidazole rings is 1. The normalized spacial score (nSPS) is 16.1. The first-order chi connectivity index (χ1) is 15.7. The van der Waals surface area contributed by atoms with E-state index in [-0.39, 0.29) is 30.3 Å². The summed E-state index contributed by atoms with van der Waals surface area (Å²) in [6.07, 6.45) is 3.45. The van der Waals surface area contributed by atoms with Crippen molar-refractivity contribution in [3.05, 3.63) is 55.1 Å². The van der Waals surface area contributed by atoms with Crippen LogP contribution in [0.1, 0.15) is 0 Å². The van der Waals surface area contributed by atoms with Gasteiger partial charge in [-0.15, -0.1) is 0 Å². The maximum Gasteiger partial charge on any atom is 0.415 e. The van der Waals surface area contributed by atoms with E-state index in [1.165, 1.54) is 46.5 Å². The van der Waals surface area contributed by atoms with Gasteiger partial charge in [0.15, 0.2) is 5.82 Å². The Morgan fingerprint density at radius 3 is 2.79 bits per heavy atom. The number of carbonyl (C=O) groups excluding carboxylic acids is 2. The van der Waals surface area contributed by atoms with Crippen molar-refractivity contribution in [2.75, 3.05) is 29.5 Å². The van der Waals surface area contributed by atoms with Crippen LogP contribution in [0.15, 0.2) is 53.8 Å². The van der Waals surface area contributed by atoms with Crippen LogP contribution in [0.3, 0.4) is 0 Å². The van der Waals surface area contributed by atoms with Crippen LogP contribution in [0.4, 0.5) is 25.5 Å². The zero-order valence-electron chi connectivity index (χ0n) is 16.6. The molecule has 0 bridgehead atoms. The Hall–Kier alpha value is -3.02. The highest BCUT2D eigenvalue weighted by Crippen LogP contribution is 2.28. The van der Waals surface area contributed by atoms with Gasteiger partial charge in [-0.2, -0.15) is 0 Å². The number of ether oxygens (including phenoxy) is 2. The molecule has 0 radical (unpaired) electrons. The third-order valence-electron chi connectivity index (χ3n) is 4.57. The molecule has 33 heavy (non-hydrogen) atoms. The van der Waals surface area contributed by atoms with E-state index in [1.807, 2.05) is 0 Å². The fraction of sp³-hybridized carbons (Fsp3) is 0.263. The molecule has 10 nitrogen and oxygen atoms in total. The molecule has 0 saturated carbocycles. The van der Waals surface area contributed by atoms with E-state index < -0.39 is 34.5 Å². The minimum Gasteiger partial charge on any atom is -0.445 e. The predicted octanol–water partition coefficient (Wildman–Crippen LogP) is 4.34. The van der Waals surface area contributed by atoms with Crippen molar-refractivity contribution in [2.45, 2.75) is 9.90 Å². The number of benzene rings is 1. The molecule has 3 aromatic rings. The summed E-state index contributed by atoms with van der Waals surface area (Å²) >= 11 is 16.9. The molecule has 3 heterocycles. The number of carbonyl (C=O) groups is 2. The molecule has 1 atom stereocenters. The minimum absolute atomic E-state index is 0.0365. The quantitative estimate of drug-likeness (QED) is 0.447. The van der Waals surface area contributed by atoms with Gasteiger partial charge in [-0.3, -0.25) is 9.80 Å². The van der Waals surface area contributed by atoms with Crippen molar-refractivity contribution < 1.29 is 28.0 Å². The molecular formula is C19H15Cl3FN5O5. The number of hydrogen-bond donors (Lipinski definition) is 0. The highest BCUT2D eigenvalue weighted by Gasteiger charge is 2.36. The molecule has 2 amide bonds. The lowest BCUT2D eigenvalue weighted by Crippen LogP contribution is -2.40. The lowest BCUT2D eigenvalue weighted by Gasteiger charge is -2.22. The van der Waals surface area contributed by atoms with Gasteiger partial charge in [0.1, 0.15) is 24.8 Å². The van der Waals surface area contributed by atoms with Gasteiger partial charge >= 0.3 is 12.2 Å². The Labute approximate surface area is 201 Å². The van der Waals surface area contributed by atoms with E-state index in [1.54, 1.807) is 12.3 Å². The number of alkyl halides is 3. The summed E-state index contributed by atoms with van der Waals surface area (Å²) < 4.78 is 29.5. The summed E-state index contributed by atoms with van der Waals surface area (Å²) in [6, 6.07) is 5.72. The van der Waals surface area contributed by atoms with Crippen LogP contribution in [0.5, 0.6) is 0 Å². The second-order valence-electron chi connectivity index (χ2n) is 6.86.